The van der Waals surface area contributed by atoms with Crippen LogP contribution in [-0.2, 0) is 9.59 Å². The molecule has 1 saturated carbocycles. The third kappa shape index (κ3) is 6.31. The van der Waals surface area contributed by atoms with E-state index < -0.39 is 6.04 Å². The molecular formula is C30H41N3O3S. The van der Waals surface area contributed by atoms with Crippen molar-refractivity contribution in [3.05, 3.63) is 51.5 Å². The molecule has 0 bridgehead atoms. The fraction of sp³-hybridized carbons (Fsp3) is 0.600. The van der Waals surface area contributed by atoms with Crippen LogP contribution in [0.15, 0.2) is 29.6 Å². The quantitative estimate of drug-likeness (QED) is 0.393. The molecule has 1 aromatic carbocycles. The maximum Gasteiger partial charge on any atom is 0.246 e. The minimum Gasteiger partial charge on any atom is -0.344 e. The van der Waals surface area contributed by atoms with E-state index in [0.717, 1.165) is 55.5 Å². The Labute approximate surface area is 225 Å². The topological polar surface area (TPSA) is 79.4 Å². The summed E-state index contributed by atoms with van der Waals surface area (Å²) in [6.07, 6.45) is 7.82. The van der Waals surface area contributed by atoms with Gasteiger partial charge in [-0.25, -0.2) is 4.98 Å². The number of carbonyl (C=O) groups is 3. The molecular weight excluding hydrogens is 482 g/mol. The van der Waals surface area contributed by atoms with Crippen LogP contribution in [-0.4, -0.2) is 40.1 Å². The highest BCUT2D eigenvalue weighted by molar-refractivity contribution is 7.10. The maximum absolute atomic E-state index is 14.0. The van der Waals surface area contributed by atoms with E-state index in [9.17, 15) is 14.4 Å². The van der Waals surface area contributed by atoms with Crippen molar-refractivity contribution >= 4 is 28.9 Å². The molecule has 7 heteroatoms. The molecule has 2 fully saturated rings. The number of rotatable bonds is 9. The molecule has 0 radical (unpaired) electrons. The standard InChI is InChI=1S/C30H41N3O3S/c1-5-20(4)28(35)32-26(21-11-7-6-8-12-21)30(36)33-16-10-15-25(33)29-31-24(18-37-29)27(34)23-14-9-13-22(17-23)19(2)3/h9,13-14,17-21,25-26H,5-8,10-12,15-16H2,1-4H3,(H,32,35)/t20-,25+,26+/m1/s1. The highest BCUT2D eigenvalue weighted by Gasteiger charge is 2.40. The molecule has 3 atom stereocenters. The van der Waals surface area contributed by atoms with E-state index in [2.05, 4.69) is 19.2 Å². The highest BCUT2D eigenvalue weighted by atomic mass is 32.1. The monoisotopic (exact) mass is 523 g/mol. The van der Waals surface area contributed by atoms with Gasteiger partial charge in [-0.1, -0.05) is 65.2 Å². The number of thiazole rings is 1. The number of carbonyl (C=O) groups excluding carboxylic acids is 3. The summed E-state index contributed by atoms with van der Waals surface area (Å²) in [5, 5.41) is 5.78. The van der Waals surface area contributed by atoms with Crippen LogP contribution < -0.4 is 5.32 Å². The van der Waals surface area contributed by atoms with Crippen LogP contribution >= 0.6 is 11.3 Å². The largest absolute Gasteiger partial charge is 0.344 e. The number of amides is 2. The molecule has 2 aliphatic rings. The number of nitrogens with zero attached hydrogens (tertiary/aromatic N) is 2. The van der Waals surface area contributed by atoms with E-state index in [-0.39, 0.29) is 35.5 Å². The van der Waals surface area contributed by atoms with Crippen molar-refractivity contribution in [3.8, 4) is 0 Å². The van der Waals surface area contributed by atoms with Crippen molar-refractivity contribution in [1.29, 1.82) is 0 Å². The Morgan fingerprint density at radius 2 is 1.84 bits per heavy atom. The van der Waals surface area contributed by atoms with Crippen LogP contribution in [0.25, 0.3) is 0 Å². The third-order valence-electron chi connectivity index (χ3n) is 8.14. The Bertz CT molecular complexity index is 1100. The molecule has 0 spiro atoms. The van der Waals surface area contributed by atoms with Gasteiger partial charge in [-0.05, 0) is 55.6 Å². The van der Waals surface area contributed by atoms with E-state index >= 15 is 0 Å². The fourth-order valence-electron chi connectivity index (χ4n) is 5.53. The first-order valence-electron chi connectivity index (χ1n) is 14.0. The minimum absolute atomic E-state index is 0.0127. The first kappa shape index (κ1) is 27.5. The minimum atomic E-state index is -0.484. The lowest BCUT2D eigenvalue weighted by Crippen LogP contribution is -2.53. The summed E-state index contributed by atoms with van der Waals surface area (Å²) in [5.74, 6) is 0.301. The van der Waals surface area contributed by atoms with Crippen LogP contribution in [0.2, 0.25) is 0 Å². The zero-order valence-electron chi connectivity index (χ0n) is 22.7. The lowest BCUT2D eigenvalue weighted by atomic mass is 9.83. The van der Waals surface area contributed by atoms with Crippen molar-refractivity contribution < 1.29 is 14.4 Å². The number of aromatic nitrogens is 1. The molecule has 4 rings (SSSR count). The van der Waals surface area contributed by atoms with Crippen LogP contribution in [0.5, 0.6) is 0 Å². The zero-order valence-corrected chi connectivity index (χ0v) is 23.5. The second-order valence-electron chi connectivity index (χ2n) is 11.1. The summed E-state index contributed by atoms with van der Waals surface area (Å²) >= 11 is 1.46. The second kappa shape index (κ2) is 12.3. The molecule has 2 aromatic rings. The van der Waals surface area contributed by atoms with Crippen LogP contribution in [0, 0.1) is 11.8 Å². The Morgan fingerprint density at radius 1 is 1.08 bits per heavy atom. The third-order valence-corrected chi connectivity index (χ3v) is 9.08. The summed E-state index contributed by atoms with van der Waals surface area (Å²) < 4.78 is 0. The van der Waals surface area contributed by atoms with Gasteiger partial charge < -0.3 is 10.2 Å². The predicted octanol–water partition coefficient (Wildman–Crippen LogP) is 6.27. The van der Waals surface area contributed by atoms with Gasteiger partial charge in [-0.3, -0.25) is 14.4 Å². The van der Waals surface area contributed by atoms with Crippen molar-refractivity contribution in [2.45, 2.75) is 97.1 Å². The number of benzene rings is 1. The van der Waals surface area contributed by atoms with Crippen LogP contribution in [0.1, 0.15) is 118 Å². The lowest BCUT2D eigenvalue weighted by molar-refractivity contribution is -0.140. The molecule has 1 aliphatic carbocycles. The van der Waals surface area contributed by atoms with Crippen molar-refractivity contribution in [2.75, 3.05) is 6.54 Å². The molecule has 200 valence electrons. The van der Waals surface area contributed by atoms with Crippen molar-refractivity contribution in [2.24, 2.45) is 11.8 Å². The van der Waals surface area contributed by atoms with Gasteiger partial charge >= 0.3 is 0 Å². The van der Waals surface area contributed by atoms with Crippen LogP contribution in [0.4, 0.5) is 0 Å². The summed E-state index contributed by atoms with van der Waals surface area (Å²) in [7, 11) is 0. The first-order chi connectivity index (χ1) is 17.8. The molecule has 1 aromatic heterocycles. The van der Waals surface area contributed by atoms with Gasteiger partial charge in [0.2, 0.25) is 17.6 Å². The molecule has 1 N–H and O–H groups in total. The van der Waals surface area contributed by atoms with Gasteiger partial charge in [-0.15, -0.1) is 11.3 Å². The Kier molecular flexibility index (Phi) is 9.17. The average molecular weight is 524 g/mol. The fourth-order valence-corrected chi connectivity index (χ4v) is 6.47. The Morgan fingerprint density at radius 3 is 2.54 bits per heavy atom. The first-order valence-corrected chi connectivity index (χ1v) is 14.9. The van der Waals surface area contributed by atoms with Gasteiger partial charge in [0, 0.05) is 23.4 Å². The van der Waals surface area contributed by atoms with E-state index in [4.69, 9.17) is 4.98 Å². The molecule has 1 saturated heterocycles. The molecule has 1 aliphatic heterocycles. The van der Waals surface area contributed by atoms with Gasteiger partial charge in [0.25, 0.3) is 0 Å². The number of hydrogen-bond donors (Lipinski definition) is 1. The van der Waals surface area contributed by atoms with E-state index in [1.807, 2.05) is 48.4 Å². The van der Waals surface area contributed by atoms with E-state index in [0.29, 0.717) is 23.7 Å². The SMILES string of the molecule is CC[C@@H](C)C(=O)N[C@H](C(=O)N1CCC[C@H]1c1nc(C(=O)c2cccc(C(C)C)c2)cs1)C1CCCCC1. The molecule has 0 unspecified atom stereocenters. The number of likely N-dealkylation sites (tertiary alicyclic amines) is 1. The van der Waals surface area contributed by atoms with Crippen molar-refractivity contribution in [1.82, 2.24) is 15.2 Å². The van der Waals surface area contributed by atoms with Gasteiger partial charge in [0.1, 0.15) is 16.7 Å². The molecule has 6 nitrogen and oxygen atoms in total. The van der Waals surface area contributed by atoms with Gasteiger partial charge in [0.05, 0.1) is 6.04 Å². The summed E-state index contributed by atoms with van der Waals surface area (Å²) in [6.45, 7) is 8.80. The zero-order chi connectivity index (χ0) is 26.5. The average Bonchev–Trinajstić information content (AvgIpc) is 3.61. The normalized spacial score (nSPS) is 20.1. The molecule has 2 amide bonds. The number of nitrogens with one attached hydrogen (secondary N) is 1. The second-order valence-corrected chi connectivity index (χ2v) is 12.0. The Hall–Kier alpha value is -2.54. The maximum atomic E-state index is 14.0. The highest BCUT2D eigenvalue weighted by Crippen LogP contribution is 2.36. The van der Waals surface area contributed by atoms with Crippen LogP contribution in [0.3, 0.4) is 0 Å². The Balaban J connectivity index is 1.53. The smallest absolute Gasteiger partial charge is 0.246 e. The summed E-state index contributed by atoms with van der Waals surface area (Å²) in [4.78, 5) is 46.7. The number of hydrogen-bond acceptors (Lipinski definition) is 5. The molecule has 37 heavy (non-hydrogen) atoms. The molecule has 2 heterocycles. The number of ketones is 1. The van der Waals surface area contributed by atoms with E-state index in [1.165, 1.54) is 17.8 Å². The van der Waals surface area contributed by atoms with Gasteiger partial charge in [0.15, 0.2) is 0 Å². The predicted molar refractivity (Wildman–Crippen MR) is 148 cm³/mol. The van der Waals surface area contributed by atoms with Crippen molar-refractivity contribution in [3.63, 3.8) is 0 Å². The van der Waals surface area contributed by atoms with Gasteiger partial charge in [-0.2, -0.15) is 0 Å². The van der Waals surface area contributed by atoms with E-state index in [1.54, 1.807) is 0 Å². The summed E-state index contributed by atoms with van der Waals surface area (Å²) in [6, 6.07) is 7.12. The lowest BCUT2D eigenvalue weighted by Gasteiger charge is -2.35. The summed E-state index contributed by atoms with van der Waals surface area (Å²) in [5.41, 5.74) is 2.21.